The highest BCUT2D eigenvalue weighted by Gasteiger charge is 2.34. The molecule has 1 N–H and O–H groups in total. The molecule has 3 heterocycles. The molecule has 1 aromatic heterocycles. The zero-order valence-electron chi connectivity index (χ0n) is 33.3. The zero-order chi connectivity index (χ0) is 38.6. The number of carbonyl (C=O) groups excluding carboxylic acids is 3. The number of nitrogens with one attached hydrogen (secondary N) is 1. The third-order valence-electron chi connectivity index (χ3n) is 10.2. The number of hydrogen-bond donors (Lipinski definition) is 1. The fourth-order valence-corrected chi connectivity index (χ4v) is 7.68. The molecule has 2 aliphatic rings. The maximum Gasteiger partial charge on any atom is 0.512 e. The maximum absolute atomic E-state index is 12.8. The molecule has 0 amide bonds. The van der Waals surface area contributed by atoms with Crippen LogP contribution >= 0.6 is 11.3 Å². The van der Waals surface area contributed by atoms with Crippen LogP contribution in [0.5, 0.6) is 0 Å². The molecule has 11 nitrogen and oxygen atoms in total. The first-order chi connectivity index (χ1) is 26.2. The molecule has 0 bridgehead atoms. The van der Waals surface area contributed by atoms with Crippen molar-refractivity contribution in [2.24, 2.45) is 4.99 Å². The number of thiophene rings is 1. The van der Waals surface area contributed by atoms with Crippen LogP contribution < -0.4 is 5.32 Å². The average molecular weight is 770 g/mol. The average Bonchev–Trinajstić information content (AvgIpc) is 3.45. The summed E-state index contributed by atoms with van der Waals surface area (Å²) in [7, 11) is 2.07. The lowest BCUT2D eigenvalue weighted by atomic mass is 10.1. The summed E-state index contributed by atoms with van der Waals surface area (Å²) in [5.74, 6) is 0.234. The zero-order valence-corrected chi connectivity index (χ0v) is 34.2. The van der Waals surface area contributed by atoms with Crippen LogP contribution in [0.15, 0.2) is 35.3 Å². The summed E-state index contributed by atoms with van der Waals surface area (Å²) >= 11 is 1.73. The van der Waals surface area contributed by atoms with Crippen molar-refractivity contribution in [2.75, 3.05) is 58.5 Å². The van der Waals surface area contributed by atoms with E-state index in [1.807, 2.05) is 18.2 Å². The van der Waals surface area contributed by atoms with E-state index >= 15 is 0 Å². The normalized spacial score (nSPS) is 15.2. The SMILES string of the molecule is CCCCCCCCCC(=O)OCC(COC(=O)OC[N+]1(C)CCN(C2=Nc3ccccc3Nc3sc(C)cc32)CC1)OC(=O)CCCCCCCCC. The molecule has 0 aliphatic carbocycles. The van der Waals surface area contributed by atoms with Crippen LogP contribution in [-0.4, -0.2) is 92.6 Å². The second-order valence-electron chi connectivity index (χ2n) is 15.1. The van der Waals surface area contributed by atoms with Gasteiger partial charge in [0.05, 0.1) is 50.2 Å². The third-order valence-corrected chi connectivity index (χ3v) is 11.1. The molecular formula is C42H65N4O7S+. The van der Waals surface area contributed by atoms with E-state index in [-0.39, 0.29) is 38.3 Å². The molecule has 1 unspecified atom stereocenters. The van der Waals surface area contributed by atoms with Crippen molar-refractivity contribution in [1.29, 1.82) is 0 Å². The van der Waals surface area contributed by atoms with Gasteiger partial charge in [-0.1, -0.05) is 103 Å². The summed E-state index contributed by atoms with van der Waals surface area (Å²) in [6, 6.07) is 10.3. The van der Waals surface area contributed by atoms with Crippen molar-refractivity contribution < 1.29 is 37.8 Å². The molecule has 300 valence electrons. The van der Waals surface area contributed by atoms with Gasteiger partial charge in [0.25, 0.3) is 0 Å². The van der Waals surface area contributed by atoms with Crippen LogP contribution in [0.25, 0.3) is 0 Å². The minimum absolute atomic E-state index is 0.141. The molecule has 1 fully saturated rings. The number of benzene rings is 1. The number of likely N-dealkylation sites (N-methyl/N-ethyl adjacent to an activating group) is 1. The molecule has 1 atom stereocenters. The summed E-state index contributed by atoms with van der Waals surface area (Å²) in [4.78, 5) is 46.6. The summed E-state index contributed by atoms with van der Waals surface area (Å²) in [6.07, 6.45) is 14.2. The number of fused-ring (bicyclic) bond motifs is 2. The number of amidine groups is 1. The highest BCUT2D eigenvalue weighted by Crippen LogP contribution is 2.39. The van der Waals surface area contributed by atoms with Crippen molar-refractivity contribution in [2.45, 2.75) is 130 Å². The van der Waals surface area contributed by atoms with Gasteiger partial charge >= 0.3 is 18.1 Å². The molecule has 0 saturated carbocycles. The van der Waals surface area contributed by atoms with E-state index < -0.39 is 12.3 Å². The minimum atomic E-state index is -0.897. The van der Waals surface area contributed by atoms with Gasteiger partial charge in [0, 0.05) is 17.7 Å². The quantitative estimate of drug-likeness (QED) is 0.0511. The Kier molecular flexibility index (Phi) is 18.6. The molecule has 0 spiro atoms. The molecule has 2 aliphatic heterocycles. The fourth-order valence-electron chi connectivity index (χ4n) is 6.76. The Morgan fingerprint density at radius 3 is 2.07 bits per heavy atom. The molecule has 1 saturated heterocycles. The van der Waals surface area contributed by atoms with E-state index in [9.17, 15) is 14.4 Å². The van der Waals surface area contributed by atoms with Crippen LogP contribution in [-0.2, 0) is 28.5 Å². The van der Waals surface area contributed by atoms with Gasteiger partial charge in [-0.3, -0.25) is 14.1 Å². The smallest absolute Gasteiger partial charge is 0.462 e. The van der Waals surface area contributed by atoms with Gasteiger partial charge in [-0.25, -0.2) is 9.79 Å². The Morgan fingerprint density at radius 1 is 0.815 bits per heavy atom. The van der Waals surface area contributed by atoms with Crippen molar-refractivity contribution in [3.8, 4) is 0 Å². The van der Waals surface area contributed by atoms with Crippen LogP contribution in [0.2, 0.25) is 0 Å². The van der Waals surface area contributed by atoms with Gasteiger partial charge in [-0.15, -0.1) is 11.3 Å². The highest BCUT2D eigenvalue weighted by molar-refractivity contribution is 7.16. The van der Waals surface area contributed by atoms with E-state index in [2.05, 4.69) is 50.2 Å². The van der Waals surface area contributed by atoms with E-state index in [0.29, 0.717) is 10.9 Å². The third kappa shape index (κ3) is 14.9. The van der Waals surface area contributed by atoms with Crippen molar-refractivity contribution in [3.63, 3.8) is 0 Å². The molecule has 54 heavy (non-hydrogen) atoms. The monoisotopic (exact) mass is 769 g/mol. The number of aliphatic imine (C=N–C) groups is 1. The van der Waals surface area contributed by atoms with Gasteiger partial charge in [0.1, 0.15) is 24.1 Å². The molecule has 1 aromatic carbocycles. The number of anilines is 2. The van der Waals surface area contributed by atoms with Gasteiger partial charge < -0.3 is 29.2 Å². The Bertz CT molecular complexity index is 1490. The first kappa shape index (κ1) is 43.1. The van der Waals surface area contributed by atoms with Gasteiger partial charge in [-0.2, -0.15) is 0 Å². The fraction of sp³-hybridized carbons (Fsp3) is 0.667. The first-order valence-corrected chi connectivity index (χ1v) is 21.3. The summed E-state index contributed by atoms with van der Waals surface area (Å²) < 4.78 is 22.7. The van der Waals surface area contributed by atoms with Crippen molar-refractivity contribution in [3.05, 3.63) is 40.8 Å². The molecule has 2 aromatic rings. The van der Waals surface area contributed by atoms with E-state index in [0.717, 1.165) is 92.5 Å². The highest BCUT2D eigenvalue weighted by atomic mass is 32.1. The predicted octanol–water partition coefficient (Wildman–Crippen LogP) is 9.80. The largest absolute Gasteiger partial charge is 0.512 e. The van der Waals surface area contributed by atoms with Gasteiger partial charge in [0.2, 0.25) is 6.73 Å². The minimum Gasteiger partial charge on any atom is -0.462 e. The Labute approximate surface area is 327 Å². The molecule has 12 heteroatoms. The van der Waals surface area contributed by atoms with E-state index in [1.165, 1.54) is 56.2 Å². The number of carbonyl (C=O) groups is 3. The number of nitrogens with zero attached hydrogens (tertiary/aromatic N) is 3. The van der Waals surface area contributed by atoms with Crippen LogP contribution in [0.1, 0.15) is 127 Å². The van der Waals surface area contributed by atoms with Crippen LogP contribution in [0, 0.1) is 6.92 Å². The topological polar surface area (TPSA) is 116 Å². The number of para-hydroxylation sites is 2. The maximum atomic E-state index is 12.8. The number of aryl methyl sites for hydroxylation is 1. The van der Waals surface area contributed by atoms with Crippen LogP contribution in [0.4, 0.5) is 21.2 Å². The summed E-state index contributed by atoms with van der Waals surface area (Å²) in [6.45, 7) is 9.20. The number of esters is 2. The lowest BCUT2D eigenvalue weighted by Gasteiger charge is -2.41. The lowest BCUT2D eigenvalue weighted by molar-refractivity contribution is -0.929. The second kappa shape index (κ2) is 23.3. The lowest BCUT2D eigenvalue weighted by Crippen LogP contribution is -2.59. The number of ether oxygens (including phenoxy) is 4. The first-order valence-electron chi connectivity index (χ1n) is 20.5. The van der Waals surface area contributed by atoms with Crippen molar-refractivity contribution >= 4 is 51.6 Å². The van der Waals surface area contributed by atoms with Crippen molar-refractivity contribution in [1.82, 2.24) is 4.90 Å². The standard InChI is InChI=1S/C42H65N4O7S/c1-5-7-9-11-13-15-17-23-38(47)50-30-34(53-39(48)24-18-16-14-12-10-8-6-2)31-51-42(49)52-32-46(4)27-25-45(26-28-46)40-35-29-33(3)54-41(35)44-37-22-20-19-21-36(37)43-40/h19-22,29,34,44H,5-18,23-28,30-32H2,1-4H3/q+1. The Hall–Kier alpha value is -3.64. The number of rotatable bonds is 23. The van der Waals surface area contributed by atoms with Gasteiger partial charge in [-0.05, 0) is 38.0 Å². The number of hydrogen-bond acceptors (Lipinski definition) is 11. The van der Waals surface area contributed by atoms with Gasteiger partial charge in [0.15, 0.2) is 6.10 Å². The number of unbranched alkanes of at least 4 members (excludes halogenated alkanes) is 12. The van der Waals surface area contributed by atoms with E-state index in [1.54, 1.807) is 11.3 Å². The summed E-state index contributed by atoms with van der Waals surface area (Å²) in [5, 5.41) is 4.66. The van der Waals surface area contributed by atoms with Crippen LogP contribution in [0.3, 0.4) is 0 Å². The number of piperazine rings is 1. The van der Waals surface area contributed by atoms with E-state index in [4.69, 9.17) is 23.9 Å². The number of quaternary nitrogens is 1. The molecule has 0 radical (unpaired) electrons. The predicted molar refractivity (Wildman–Crippen MR) is 216 cm³/mol. The summed E-state index contributed by atoms with van der Waals surface area (Å²) in [5.41, 5.74) is 3.00. The molecular weight excluding hydrogens is 705 g/mol. The molecule has 4 rings (SSSR count). The second-order valence-corrected chi connectivity index (χ2v) is 16.4. The Morgan fingerprint density at radius 2 is 1.41 bits per heavy atom. The Balaban J connectivity index is 1.23.